The molecule has 9 heavy (non-hydrogen) atoms. The molecule has 0 unspecified atom stereocenters. The van der Waals surface area contributed by atoms with Crippen LogP contribution in [0.25, 0.3) is 0 Å². The fraction of sp³-hybridized carbons (Fsp3) is 0.200. The molecule has 4 heteroatoms. The van der Waals surface area contributed by atoms with Crippen molar-refractivity contribution in [2.24, 2.45) is 16.8 Å². The number of amidine groups is 1. The third-order valence-corrected chi connectivity index (χ3v) is 0.827. The zero-order valence-electron chi connectivity index (χ0n) is 5.41. The summed E-state index contributed by atoms with van der Waals surface area (Å²) in [7, 11) is 0. The molecule has 0 aliphatic rings. The Hall–Kier alpha value is -1.32. The van der Waals surface area contributed by atoms with Crippen LogP contribution < -0.4 is 11.7 Å². The third-order valence-electron chi connectivity index (χ3n) is 0.827. The average molecular weight is 127 g/mol. The first-order valence-electron chi connectivity index (χ1n) is 2.46. The molecule has 0 aliphatic heterocycles. The average Bonchev–Trinajstić information content (AvgIpc) is 1.87. The second kappa shape index (κ2) is 3.65. The summed E-state index contributed by atoms with van der Waals surface area (Å²) in [5.41, 5.74) is 0. The van der Waals surface area contributed by atoms with E-state index >= 15 is 0 Å². The maximum Gasteiger partial charge on any atom is 0.342 e. The van der Waals surface area contributed by atoms with E-state index in [4.69, 9.17) is 11.7 Å². The van der Waals surface area contributed by atoms with Gasteiger partial charge in [0.25, 0.3) is 0 Å². The summed E-state index contributed by atoms with van der Waals surface area (Å²) < 4.78 is 1.28. The molecule has 0 aromatic carbocycles. The van der Waals surface area contributed by atoms with E-state index in [0.717, 1.165) is 0 Å². The van der Waals surface area contributed by atoms with E-state index in [1.807, 2.05) is 0 Å². The van der Waals surface area contributed by atoms with Crippen molar-refractivity contribution in [2.75, 3.05) is 0 Å². The summed E-state index contributed by atoms with van der Waals surface area (Å²) in [5.74, 6) is 10.8. The summed E-state index contributed by atoms with van der Waals surface area (Å²) >= 11 is 0. The zero-order chi connectivity index (χ0) is 7.28. The van der Waals surface area contributed by atoms with Crippen LogP contribution in [-0.2, 0) is 0 Å². The van der Waals surface area contributed by atoms with E-state index in [9.17, 15) is 0 Å². The predicted octanol–water partition coefficient (Wildman–Crippen LogP) is -0.579. The predicted molar refractivity (Wildman–Crippen MR) is 38.0 cm³/mol. The number of allylic oxidation sites excluding steroid dienone is 1. The van der Waals surface area contributed by atoms with Crippen molar-refractivity contribution in [1.29, 1.82) is 0 Å². The van der Waals surface area contributed by atoms with E-state index in [1.54, 1.807) is 19.2 Å². The van der Waals surface area contributed by atoms with Crippen molar-refractivity contribution in [3.05, 3.63) is 12.7 Å². The number of hydrogen-bond donors (Lipinski definition) is 2. The van der Waals surface area contributed by atoms with Crippen LogP contribution in [-0.4, -0.2) is 16.7 Å². The van der Waals surface area contributed by atoms with E-state index in [0.29, 0.717) is 5.84 Å². The van der Waals surface area contributed by atoms with Crippen LogP contribution in [0.15, 0.2) is 17.8 Å². The van der Waals surface area contributed by atoms with Gasteiger partial charge in [-0.1, -0.05) is 6.58 Å². The van der Waals surface area contributed by atoms with Gasteiger partial charge in [-0.15, -0.1) is 4.68 Å². The first-order valence-corrected chi connectivity index (χ1v) is 2.46. The van der Waals surface area contributed by atoms with Crippen LogP contribution in [0.4, 0.5) is 0 Å². The first-order chi connectivity index (χ1) is 4.22. The molecule has 4 nitrogen and oxygen atoms in total. The smallest absolute Gasteiger partial charge is 0.269 e. The molecule has 0 amide bonds. The normalized spacial score (nSPS) is 13.4. The number of hydrazine groups is 1. The van der Waals surface area contributed by atoms with Gasteiger partial charge in [0, 0.05) is 12.0 Å². The Kier molecular flexibility index (Phi) is 3.12. The molecular formula is C5H11N4+. The molecular weight excluding hydrogens is 116 g/mol. The Morgan fingerprint density at radius 1 is 1.78 bits per heavy atom. The number of nitrogens with two attached hydrogens (primary N) is 2. The summed E-state index contributed by atoms with van der Waals surface area (Å²) in [5, 5.41) is 3.35. The lowest BCUT2D eigenvalue weighted by molar-refractivity contribution is -0.415. The molecule has 0 saturated heterocycles. The maximum absolute atomic E-state index is 5.33. The van der Waals surface area contributed by atoms with Crippen molar-refractivity contribution >= 4 is 12.1 Å². The lowest BCUT2D eigenvalue weighted by Gasteiger charge is -1.88. The van der Waals surface area contributed by atoms with Gasteiger partial charge >= 0.3 is 5.84 Å². The zero-order valence-corrected chi connectivity index (χ0v) is 5.41. The van der Waals surface area contributed by atoms with Gasteiger partial charge in [0.1, 0.15) is 6.21 Å². The van der Waals surface area contributed by atoms with Crippen molar-refractivity contribution in [2.45, 2.75) is 6.92 Å². The van der Waals surface area contributed by atoms with E-state index in [1.165, 1.54) is 4.68 Å². The molecule has 0 heterocycles. The van der Waals surface area contributed by atoms with Crippen LogP contribution in [0.2, 0.25) is 0 Å². The summed E-state index contributed by atoms with van der Waals surface area (Å²) in [4.78, 5) is 0. The second-order valence-electron chi connectivity index (χ2n) is 1.47. The van der Waals surface area contributed by atoms with Crippen LogP contribution in [0.3, 0.4) is 0 Å². The van der Waals surface area contributed by atoms with Crippen LogP contribution in [0, 0.1) is 0 Å². The highest BCUT2D eigenvalue weighted by Gasteiger charge is 1.98. The fourth-order valence-electron chi connectivity index (χ4n) is 0.288. The molecule has 0 aromatic rings. The Morgan fingerprint density at radius 3 is 2.67 bits per heavy atom. The molecule has 0 rings (SSSR count). The molecule has 0 saturated carbocycles. The highest BCUT2D eigenvalue weighted by molar-refractivity contribution is 5.77. The van der Waals surface area contributed by atoms with Gasteiger partial charge in [-0.3, -0.25) is 5.84 Å². The van der Waals surface area contributed by atoms with Gasteiger partial charge in [-0.05, 0) is 6.08 Å². The first kappa shape index (κ1) is 7.68. The molecule has 4 N–H and O–H groups in total. The number of rotatable bonds is 1. The van der Waals surface area contributed by atoms with Gasteiger partial charge < -0.3 is 0 Å². The molecule has 0 bridgehead atoms. The summed E-state index contributed by atoms with van der Waals surface area (Å²) in [6.45, 7) is 5.14. The Balaban J connectivity index is 4.19. The molecule has 0 radical (unpaired) electrons. The van der Waals surface area contributed by atoms with Crippen LogP contribution >= 0.6 is 0 Å². The lowest BCUT2D eigenvalue weighted by Crippen LogP contribution is -2.26. The van der Waals surface area contributed by atoms with Gasteiger partial charge in [0.15, 0.2) is 0 Å². The minimum atomic E-state index is 0.537. The monoisotopic (exact) mass is 127 g/mol. The highest BCUT2D eigenvalue weighted by Crippen LogP contribution is 1.67. The number of hydrogen-bond acceptors (Lipinski definition) is 3. The molecule has 0 atom stereocenters. The van der Waals surface area contributed by atoms with Crippen molar-refractivity contribution in [3.8, 4) is 0 Å². The van der Waals surface area contributed by atoms with Gasteiger partial charge in [0.2, 0.25) is 0 Å². The summed E-state index contributed by atoms with van der Waals surface area (Å²) in [6, 6.07) is 0. The largest absolute Gasteiger partial charge is 0.342 e. The fourth-order valence-corrected chi connectivity index (χ4v) is 0.288. The third kappa shape index (κ3) is 2.48. The van der Waals surface area contributed by atoms with Gasteiger partial charge in [0.05, 0.1) is 0 Å². The lowest BCUT2D eigenvalue weighted by atomic mass is 10.6. The second-order valence-corrected chi connectivity index (χ2v) is 1.47. The molecule has 0 spiro atoms. The molecule has 0 aromatic heterocycles. The van der Waals surface area contributed by atoms with Crippen molar-refractivity contribution in [3.63, 3.8) is 0 Å². The van der Waals surface area contributed by atoms with Crippen molar-refractivity contribution in [1.82, 2.24) is 0 Å². The minimum Gasteiger partial charge on any atom is -0.269 e. The minimum absolute atomic E-state index is 0.537. The van der Waals surface area contributed by atoms with E-state index < -0.39 is 0 Å². The van der Waals surface area contributed by atoms with Crippen molar-refractivity contribution < 1.29 is 4.68 Å². The maximum atomic E-state index is 5.33. The topological polar surface area (TPSA) is 67.4 Å². The van der Waals surface area contributed by atoms with E-state index in [-0.39, 0.29) is 0 Å². The molecule has 0 fully saturated rings. The summed E-state index contributed by atoms with van der Waals surface area (Å²) in [6.07, 6.45) is 3.11. The van der Waals surface area contributed by atoms with Gasteiger partial charge in [-0.25, -0.2) is 5.84 Å². The Bertz CT molecular complexity index is 156. The van der Waals surface area contributed by atoms with Gasteiger partial charge in [-0.2, -0.15) is 0 Å². The molecule has 0 aliphatic carbocycles. The molecule has 50 valence electrons. The highest BCUT2D eigenvalue weighted by atomic mass is 15.4. The Morgan fingerprint density at radius 2 is 2.33 bits per heavy atom. The SMILES string of the molecule is C=CC=[N+](N)C(C)=NN. The van der Waals surface area contributed by atoms with E-state index in [2.05, 4.69) is 11.7 Å². The Labute approximate surface area is 54.1 Å². The number of hydrazone groups is 2. The van der Waals surface area contributed by atoms with Crippen LogP contribution in [0.5, 0.6) is 0 Å². The van der Waals surface area contributed by atoms with Crippen LogP contribution in [0.1, 0.15) is 6.92 Å². The number of nitrogens with zero attached hydrogens (tertiary/aromatic N) is 2. The standard InChI is InChI=1S/C5H11N4/c1-3-4-9(7)5(2)8-6/h3-4H,1,6-7H2,2H3/q+1. The quantitative estimate of drug-likeness (QED) is 0.163.